The van der Waals surface area contributed by atoms with Gasteiger partial charge in [0.1, 0.15) is 5.82 Å². The highest BCUT2D eigenvalue weighted by Gasteiger charge is 2.18. The molecule has 26 heavy (non-hydrogen) atoms. The van der Waals surface area contributed by atoms with Crippen LogP contribution in [0.2, 0.25) is 5.02 Å². The second-order valence-electron chi connectivity index (χ2n) is 5.18. The topological polar surface area (TPSA) is 56.8 Å². The van der Waals surface area contributed by atoms with Crippen molar-refractivity contribution in [3.63, 3.8) is 0 Å². The molecule has 0 radical (unpaired) electrons. The third-order valence-corrected chi connectivity index (χ3v) is 3.66. The van der Waals surface area contributed by atoms with Crippen molar-refractivity contribution in [3.05, 3.63) is 46.7 Å². The first-order chi connectivity index (χ1) is 12.5. The molecule has 0 aliphatic rings. The third-order valence-electron chi connectivity index (χ3n) is 3.35. The van der Waals surface area contributed by atoms with Gasteiger partial charge in [0.2, 0.25) is 5.75 Å². The van der Waals surface area contributed by atoms with E-state index in [1.54, 1.807) is 12.1 Å². The van der Waals surface area contributed by atoms with Crippen molar-refractivity contribution < 1.29 is 23.4 Å². The average molecular weight is 382 g/mol. The molecule has 5 nitrogen and oxygen atoms in total. The second kappa shape index (κ2) is 9.29. The fraction of sp³-hybridized carbons (Fsp3) is 0.316. The van der Waals surface area contributed by atoms with Crippen molar-refractivity contribution in [3.8, 4) is 17.2 Å². The van der Waals surface area contributed by atoms with Gasteiger partial charge < -0.3 is 19.5 Å². The van der Waals surface area contributed by atoms with E-state index in [2.05, 4.69) is 5.32 Å². The second-order valence-corrected chi connectivity index (χ2v) is 5.59. The summed E-state index contributed by atoms with van der Waals surface area (Å²) in [5.74, 6) is 0.226. The maximum Gasteiger partial charge on any atom is 0.255 e. The minimum Gasteiger partial charge on any atom is -0.490 e. The quantitative estimate of drug-likeness (QED) is 0.704. The molecule has 7 heteroatoms. The van der Waals surface area contributed by atoms with Gasteiger partial charge in [0.25, 0.3) is 5.91 Å². The Balaban J connectivity index is 2.36. The molecule has 2 aromatic carbocycles. The first-order valence-electron chi connectivity index (χ1n) is 8.32. The SMILES string of the molecule is CCOc1cc(C(=O)Nc2ccc(Cl)c(F)c2)cc(OCC)c1OCC. The lowest BCUT2D eigenvalue weighted by molar-refractivity contribution is 0.102. The van der Waals surface area contributed by atoms with E-state index in [0.29, 0.717) is 48.3 Å². The van der Waals surface area contributed by atoms with E-state index < -0.39 is 11.7 Å². The Morgan fingerprint density at radius 2 is 1.58 bits per heavy atom. The lowest BCUT2D eigenvalue weighted by Crippen LogP contribution is -2.13. The van der Waals surface area contributed by atoms with E-state index >= 15 is 0 Å². The molecule has 0 aliphatic carbocycles. The molecule has 0 heterocycles. The minimum atomic E-state index is -0.610. The first kappa shape index (κ1) is 19.8. The van der Waals surface area contributed by atoms with Gasteiger partial charge in [0.05, 0.1) is 24.8 Å². The number of carbonyl (C=O) groups is 1. The number of hydrogen-bond donors (Lipinski definition) is 1. The van der Waals surface area contributed by atoms with E-state index in [1.165, 1.54) is 12.1 Å². The van der Waals surface area contributed by atoms with E-state index in [0.717, 1.165) is 6.07 Å². The summed E-state index contributed by atoms with van der Waals surface area (Å²) in [6.07, 6.45) is 0. The Morgan fingerprint density at radius 1 is 1.00 bits per heavy atom. The third kappa shape index (κ3) is 4.79. The van der Waals surface area contributed by atoms with Gasteiger partial charge in [0, 0.05) is 11.3 Å². The van der Waals surface area contributed by atoms with Crippen LogP contribution in [0.4, 0.5) is 10.1 Å². The lowest BCUT2D eigenvalue weighted by Gasteiger charge is -2.17. The largest absolute Gasteiger partial charge is 0.490 e. The van der Waals surface area contributed by atoms with Gasteiger partial charge >= 0.3 is 0 Å². The molecule has 2 rings (SSSR count). The van der Waals surface area contributed by atoms with Crippen LogP contribution in [0.1, 0.15) is 31.1 Å². The molecule has 0 unspecified atom stereocenters. The molecule has 0 aromatic heterocycles. The summed E-state index contributed by atoms with van der Waals surface area (Å²) in [6, 6.07) is 7.19. The predicted molar refractivity (Wildman–Crippen MR) is 99.3 cm³/mol. The average Bonchev–Trinajstić information content (AvgIpc) is 2.61. The molecule has 0 saturated heterocycles. The summed E-state index contributed by atoms with van der Waals surface area (Å²) in [7, 11) is 0. The highest BCUT2D eigenvalue weighted by molar-refractivity contribution is 6.30. The Hall–Kier alpha value is -2.47. The van der Waals surface area contributed by atoms with Crippen LogP contribution in [-0.4, -0.2) is 25.7 Å². The zero-order valence-corrected chi connectivity index (χ0v) is 15.7. The number of anilines is 1. The standard InChI is InChI=1S/C19H21ClFNO4/c1-4-24-16-9-12(10-17(25-5-2)18(16)26-6-3)19(23)22-13-7-8-14(20)15(21)11-13/h7-11H,4-6H2,1-3H3,(H,22,23). The number of ether oxygens (including phenoxy) is 3. The molecule has 0 saturated carbocycles. The van der Waals surface area contributed by atoms with Gasteiger partial charge in [0.15, 0.2) is 11.5 Å². The number of rotatable bonds is 8. The van der Waals surface area contributed by atoms with Gasteiger partial charge in [-0.15, -0.1) is 0 Å². The summed E-state index contributed by atoms with van der Waals surface area (Å²) >= 11 is 5.66. The Labute approximate surface area is 157 Å². The van der Waals surface area contributed by atoms with Crippen LogP contribution in [0.3, 0.4) is 0 Å². The van der Waals surface area contributed by atoms with Crippen LogP contribution in [0.5, 0.6) is 17.2 Å². The number of carbonyl (C=O) groups excluding carboxylic acids is 1. The van der Waals surface area contributed by atoms with Crippen molar-refractivity contribution in [2.75, 3.05) is 25.1 Å². The van der Waals surface area contributed by atoms with E-state index in [-0.39, 0.29) is 5.02 Å². The van der Waals surface area contributed by atoms with Crippen LogP contribution in [0, 0.1) is 5.82 Å². The minimum absolute atomic E-state index is 0.0127. The van der Waals surface area contributed by atoms with Crippen LogP contribution < -0.4 is 19.5 Å². The van der Waals surface area contributed by atoms with Crippen LogP contribution in [0.25, 0.3) is 0 Å². The summed E-state index contributed by atoms with van der Waals surface area (Å²) in [5.41, 5.74) is 0.595. The number of benzene rings is 2. The maximum absolute atomic E-state index is 13.6. The number of halogens is 2. The number of hydrogen-bond acceptors (Lipinski definition) is 4. The molecule has 0 aliphatic heterocycles. The van der Waals surface area contributed by atoms with Gasteiger partial charge in [-0.3, -0.25) is 4.79 Å². The van der Waals surface area contributed by atoms with Crippen LogP contribution in [-0.2, 0) is 0 Å². The fourth-order valence-corrected chi connectivity index (χ4v) is 2.41. The zero-order chi connectivity index (χ0) is 19.1. The van der Waals surface area contributed by atoms with Gasteiger partial charge in [-0.1, -0.05) is 11.6 Å². The van der Waals surface area contributed by atoms with E-state index in [4.69, 9.17) is 25.8 Å². The molecular formula is C19H21ClFNO4. The zero-order valence-electron chi connectivity index (χ0n) is 14.9. The summed E-state index contributed by atoms with van der Waals surface area (Å²) < 4.78 is 30.3. The van der Waals surface area contributed by atoms with Crippen molar-refractivity contribution >= 4 is 23.2 Å². The Kier molecular flexibility index (Phi) is 7.09. The molecule has 0 spiro atoms. The molecule has 0 atom stereocenters. The van der Waals surface area contributed by atoms with Gasteiger partial charge in [-0.2, -0.15) is 0 Å². The fourth-order valence-electron chi connectivity index (χ4n) is 2.30. The predicted octanol–water partition coefficient (Wildman–Crippen LogP) is 4.93. The highest BCUT2D eigenvalue weighted by Crippen LogP contribution is 2.39. The molecule has 0 bridgehead atoms. The Bertz CT molecular complexity index is 755. The molecule has 1 N–H and O–H groups in total. The maximum atomic E-state index is 13.6. The normalized spacial score (nSPS) is 10.3. The highest BCUT2D eigenvalue weighted by atomic mass is 35.5. The van der Waals surface area contributed by atoms with Gasteiger partial charge in [-0.25, -0.2) is 4.39 Å². The summed E-state index contributed by atoms with van der Waals surface area (Å²) in [4.78, 5) is 12.6. The monoisotopic (exact) mass is 381 g/mol. The molecular weight excluding hydrogens is 361 g/mol. The molecule has 0 fully saturated rings. The smallest absolute Gasteiger partial charge is 0.255 e. The van der Waals surface area contributed by atoms with Crippen molar-refractivity contribution in [1.82, 2.24) is 0 Å². The molecule has 1 amide bonds. The van der Waals surface area contributed by atoms with Gasteiger partial charge in [-0.05, 0) is 51.1 Å². The first-order valence-corrected chi connectivity index (χ1v) is 8.70. The Morgan fingerprint density at radius 3 is 2.08 bits per heavy atom. The van der Waals surface area contributed by atoms with Crippen molar-refractivity contribution in [2.45, 2.75) is 20.8 Å². The van der Waals surface area contributed by atoms with Crippen LogP contribution >= 0.6 is 11.6 Å². The van der Waals surface area contributed by atoms with Crippen LogP contribution in [0.15, 0.2) is 30.3 Å². The molecule has 2 aromatic rings. The van der Waals surface area contributed by atoms with E-state index in [9.17, 15) is 9.18 Å². The molecule has 140 valence electrons. The van der Waals surface area contributed by atoms with Crippen molar-refractivity contribution in [1.29, 1.82) is 0 Å². The summed E-state index contributed by atoms with van der Waals surface area (Å²) in [5, 5.41) is 2.61. The van der Waals surface area contributed by atoms with Crippen molar-refractivity contribution in [2.24, 2.45) is 0 Å². The lowest BCUT2D eigenvalue weighted by atomic mass is 10.1. The number of nitrogens with one attached hydrogen (secondary N) is 1. The van der Waals surface area contributed by atoms with E-state index in [1.807, 2.05) is 20.8 Å². The number of amides is 1. The summed E-state index contributed by atoms with van der Waals surface area (Å²) in [6.45, 7) is 6.74.